The number of ether oxygens (including phenoxy) is 1. The van der Waals surface area contributed by atoms with Crippen molar-refractivity contribution in [1.82, 2.24) is 5.01 Å². The van der Waals surface area contributed by atoms with Crippen LogP contribution in [0.25, 0.3) is 0 Å². The molecule has 0 bridgehead atoms. The van der Waals surface area contributed by atoms with Crippen molar-refractivity contribution in [3.63, 3.8) is 0 Å². The topological polar surface area (TPSA) is 83.4 Å². The molecule has 1 aromatic rings. The Kier molecular flexibility index (Phi) is 3.23. The van der Waals surface area contributed by atoms with Gasteiger partial charge < -0.3 is 10.1 Å². The molecular formula is C17H16N4O3. The fourth-order valence-corrected chi connectivity index (χ4v) is 3.51. The molecule has 3 aliphatic heterocycles. The number of hydrogen-bond acceptors (Lipinski definition) is 6. The quantitative estimate of drug-likeness (QED) is 0.836. The third-order valence-corrected chi connectivity index (χ3v) is 4.69. The van der Waals surface area contributed by atoms with Gasteiger partial charge in [0.1, 0.15) is 12.3 Å². The van der Waals surface area contributed by atoms with Gasteiger partial charge >= 0.3 is 5.97 Å². The minimum absolute atomic E-state index is 0.119. The number of amides is 1. The zero-order valence-corrected chi connectivity index (χ0v) is 13.3. The lowest BCUT2D eigenvalue weighted by Crippen LogP contribution is -2.31. The van der Waals surface area contributed by atoms with Crippen molar-refractivity contribution in [2.24, 2.45) is 16.0 Å². The Hall–Kier alpha value is -2.96. The molecule has 0 saturated heterocycles. The van der Waals surface area contributed by atoms with Crippen LogP contribution < -0.4 is 5.32 Å². The maximum Gasteiger partial charge on any atom is 0.314 e. The summed E-state index contributed by atoms with van der Waals surface area (Å²) in [6.07, 6.45) is 1.43. The van der Waals surface area contributed by atoms with Crippen molar-refractivity contribution in [3.05, 3.63) is 41.1 Å². The number of benzene rings is 1. The summed E-state index contributed by atoms with van der Waals surface area (Å²) in [6.45, 7) is 2.27. The van der Waals surface area contributed by atoms with Gasteiger partial charge in [-0.25, -0.2) is 4.99 Å². The van der Waals surface area contributed by atoms with Gasteiger partial charge in [0.05, 0.1) is 31.0 Å². The molecule has 7 nitrogen and oxygen atoms in total. The number of carbonyl (C=O) groups is 2. The molecule has 1 N–H and O–H groups in total. The van der Waals surface area contributed by atoms with Gasteiger partial charge in [0.2, 0.25) is 5.91 Å². The van der Waals surface area contributed by atoms with E-state index in [1.807, 2.05) is 31.2 Å². The molecule has 0 aromatic heterocycles. The summed E-state index contributed by atoms with van der Waals surface area (Å²) in [7, 11) is 1.37. The highest BCUT2D eigenvalue weighted by molar-refractivity contribution is 6.25. The summed E-state index contributed by atoms with van der Waals surface area (Å²) >= 11 is 0. The first-order valence-corrected chi connectivity index (χ1v) is 7.68. The number of rotatable bonds is 2. The third-order valence-electron chi connectivity index (χ3n) is 4.69. The molecule has 1 aromatic carbocycles. The number of fused-ring (bicyclic) bond motifs is 2. The van der Waals surface area contributed by atoms with Crippen LogP contribution in [0.15, 0.2) is 45.6 Å². The van der Waals surface area contributed by atoms with E-state index in [1.165, 1.54) is 13.4 Å². The van der Waals surface area contributed by atoms with E-state index in [-0.39, 0.29) is 11.9 Å². The third kappa shape index (κ3) is 1.97. The molecule has 24 heavy (non-hydrogen) atoms. The number of nitrogens with zero attached hydrogens (tertiary/aromatic N) is 3. The summed E-state index contributed by atoms with van der Waals surface area (Å²) in [4.78, 5) is 28.9. The molecule has 1 amide bonds. The molecule has 0 aliphatic carbocycles. The summed E-state index contributed by atoms with van der Waals surface area (Å²) < 4.78 is 4.88. The van der Waals surface area contributed by atoms with E-state index < -0.39 is 11.8 Å². The molecular weight excluding hydrogens is 308 g/mol. The fraction of sp³-hybridized carbons (Fsp3) is 0.294. The molecule has 2 atom stereocenters. The summed E-state index contributed by atoms with van der Waals surface area (Å²) in [5, 5.41) is 8.85. The van der Waals surface area contributed by atoms with Crippen LogP contribution in [0.2, 0.25) is 0 Å². The molecule has 0 spiro atoms. The number of methoxy groups -OCH3 is 1. The Labute approximate surface area is 138 Å². The molecule has 3 heterocycles. The zero-order valence-electron chi connectivity index (χ0n) is 13.3. The number of anilines is 1. The van der Waals surface area contributed by atoms with Crippen molar-refractivity contribution in [2.45, 2.75) is 12.8 Å². The standard InChI is InChI=1S/C17H16N4O3/c1-9-11(17(23)24-2)7-21-15(9)14(18-8-19-21)13-10-5-3-4-6-12(10)20-16(13)22/h3-6,8,11,13H,7H2,1-2H3,(H,20,22). The number of allylic oxidation sites excluding steroid dienone is 1. The van der Waals surface area contributed by atoms with Crippen LogP contribution in [0, 0.1) is 5.92 Å². The van der Waals surface area contributed by atoms with Gasteiger partial charge in [-0.05, 0) is 24.1 Å². The lowest BCUT2D eigenvalue weighted by atomic mass is 9.91. The molecule has 122 valence electrons. The Balaban J connectivity index is 1.80. The van der Waals surface area contributed by atoms with Crippen LogP contribution in [0.4, 0.5) is 5.69 Å². The minimum Gasteiger partial charge on any atom is -0.469 e. The van der Waals surface area contributed by atoms with Gasteiger partial charge in [0, 0.05) is 5.69 Å². The lowest BCUT2D eigenvalue weighted by Gasteiger charge is -2.23. The highest BCUT2D eigenvalue weighted by atomic mass is 16.5. The van der Waals surface area contributed by atoms with Crippen LogP contribution in [0.3, 0.4) is 0 Å². The number of hydrazone groups is 1. The van der Waals surface area contributed by atoms with E-state index in [0.29, 0.717) is 12.3 Å². The monoisotopic (exact) mass is 324 g/mol. The first kappa shape index (κ1) is 14.6. The van der Waals surface area contributed by atoms with Crippen molar-refractivity contribution < 1.29 is 14.3 Å². The lowest BCUT2D eigenvalue weighted by molar-refractivity contribution is -0.144. The minimum atomic E-state index is -0.503. The summed E-state index contributed by atoms with van der Waals surface area (Å²) in [5.74, 6) is -1.32. The van der Waals surface area contributed by atoms with Crippen LogP contribution in [-0.4, -0.2) is 42.6 Å². The van der Waals surface area contributed by atoms with Gasteiger partial charge in [-0.2, -0.15) is 5.10 Å². The number of nitrogens with one attached hydrogen (secondary N) is 1. The van der Waals surface area contributed by atoms with Crippen LogP contribution in [0.5, 0.6) is 0 Å². The number of para-hydroxylation sites is 1. The number of esters is 1. The van der Waals surface area contributed by atoms with E-state index in [0.717, 1.165) is 22.5 Å². The molecule has 0 radical (unpaired) electrons. The second-order valence-electron chi connectivity index (χ2n) is 5.94. The molecule has 3 aliphatic rings. The van der Waals surface area contributed by atoms with Crippen molar-refractivity contribution >= 4 is 29.6 Å². The van der Waals surface area contributed by atoms with Gasteiger partial charge in [0.15, 0.2) is 0 Å². The van der Waals surface area contributed by atoms with Crippen molar-refractivity contribution in [2.75, 3.05) is 19.0 Å². The SMILES string of the molecule is COC(=O)C1CN2N=CN=C(C3C(=O)Nc4ccccc43)C2=C1C. The first-order chi connectivity index (χ1) is 11.6. The predicted octanol–water partition coefficient (Wildman–Crippen LogP) is 1.50. The Bertz CT molecular complexity index is 840. The Morgan fingerprint density at radius 3 is 2.96 bits per heavy atom. The number of hydrogen-bond donors (Lipinski definition) is 1. The second-order valence-corrected chi connectivity index (χ2v) is 5.94. The van der Waals surface area contributed by atoms with Gasteiger partial charge in [-0.1, -0.05) is 18.2 Å². The number of carbonyl (C=O) groups excluding carboxylic acids is 2. The van der Waals surface area contributed by atoms with E-state index in [9.17, 15) is 9.59 Å². The van der Waals surface area contributed by atoms with E-state index in [1.54, 1.807) is 5.01 Å². The first-order valence-electron chi connectivity index (χ1n) is 7.68. The second kappa shape index (κ2) is 5.30. The van der Waals surface area contributed by atoms with Gasteiger partial charge in [0.25, 0.3) is 0 Å². The van der Waals surface area contributed by atoms with Crippen LogP contribution in [-0.2, 0) is 14.3 Å². The van der Waals surface area contributed by atoms with Crippen LogP contribution >= 0.6 is 0 Å². The summed E-state index contributed by atoms with van der Waals surface area (Å²) in [6, 6.07) is 7.56. The van der Waals surface area contributed by atoms with Crippen LogP contribution in [0.1, 0.15) is 18.4 Å². The average Bonchev–Trinajstić information content (AvgIpc) is 3.11. The zero-order chi connectivity index (χ0) is 16.8. The molecule has 2 unspecified atom stereocenters. The molecule has 0 saturated carbocycles. The van der Waals surface area contributed by atoms with Gasteiger partial charge in [-0.15, -0.1) is 0 Å². The maximum absolute atomic E-state index is 12.5. The fourth-order valence-electron chi connectivity index (χ4n) is 3.51. The highest BCUT2D eigenvalue weighted by Crippen LogP contribution is 2.40. The molecule has 7 heteroatoms. The smallest absolute Gasteiger partial charge is 0.314 e. The largest absolute Gasteiger partial charge is 0.469 e. The number of aliphatic imine (C=N–C) groups is 1. The Morgan fingerprint density at radius 1 is 1.38 bits per heavy atom. The van der Waals surface area contributed by atoms with E-state index >= 15 is 0 Å². The predicted molar refractivity (Wildman–Crippen MR) is 88.7 cm³/mol. The molecule has 4 rings (SSSR count). The van der Waals surface area contributed by atoms with E-state index in [2.05, 4.69) is 15.4 Å². The highest BCUT2D eigenvalue weighted by Gasteiger charge is 2.43. The van der Waals surface area contributed by atoms with Gasteiger partial charge in [-0.3, -0.25) is 14.6 Å². The molecule has 0 fully saturated rings. The summed E-state index contributed by atoms with van der Waals surface area (Å²) in [5.41, 5.74) is 3.87. The maximum atomic E-state index is 12.5. The average molecular weight is 324 g/mol. The van der Waals surface area contributed by atoms with Crippen molar-refractivity contribution in [3.8, 4) is 0 Å². The Morgan fingerprint density at radius 2 is 2.17 bits per heavy atom. The normalized spacial score (nSPS) is 24.5. The van der Waals surface area contributed by atoms with Crippen molar-refractivity contribution in [1.29, 1.82) is 0 Å². The van der Waals surface area contributed by atoms with E-state index in [4.69, 9.17) is 4.74 Å².